The van der Waals surface area contributed by atoms with Gasteiger partial charge in [-0.15, -0.1) is 0 Å². The molecule has 118 heavy (non-hydrogen) atoms. The molecule has 19 rings (SSSR count). The van der Waals surface area contributed by atoms with E-state index >= 15 is 0 Å². The third-order valence-corrected chi connectivity index (χ3v) is 22.5. The first kappa shape index (κ1) is 72.8. The minimum Gasteiger partial charge on any atom is -0.457 e. The zero-order chi connectivity index (χ0) is 78.9. The van der Waals surface area contributed by atoms with Crippen molar-refractivity contribution in [1.29, 1.82) is 0 Å². The Kier molecular flexibility index (Phi) is 20.5. The van der Waals surface area contributed by atoms with Crippen LogP contribution < -0.4 is 4.74 Å². The molecule has 0 aromatic heterocycles. The molecule has 0 fully saturated rings. The maximum Gasteiger partial charge on any atom is 0.127 e. The van der Waals surface area contributed by atoms with E-state index in [1.54, 1.807) is 0 Å². The summed E-state index contributed by atoms with van der Waals surface area (Å²) < 4.78 is 7.09. The van der Waals surface area contributed by atoms with Crippen LogP contribution in [0, 0.1) is 18.8 Å². The van der Waals surface area contributed by atoms with Crippen LogP contribution in [0.25, 0.3) is 178 Å². The molecule has 0 unspecified atom stereocenters. The number of ether oxygens (including phenoxy) is 1. The molecule has 554 valence electrons. The fourth-order valence-corrected chi connectivity index (χ4v) is 17.4. The Balaban J connectivity index is 0.858. The first-order valence-corrected chi connectivity index (χ1v) is 40.4. The van der Waals surface area contributed by atoms with Crippen molar-refractivity contribution in [3.8, 4) is 201 Å². The number of hydrogen-bond acceptors (Lipinski definition) is 1. The number of rotatable bonds is 18. The minimum atomic E-state index is 0.711. The number of benzene rings is 19. The lowest BCUT2D eigenvalue weighted by Gasteiger charge is -2.30. The van der Waals surface area contributed by atoms with Crippen molar-refractivity contribution in [3.05, 3.63) is 484 Å². The van der Waals surface area contributed by atoms with Gasteiger partial charge in [0.15, 0.2) is 0 Å². The van der Waals surface area contributed by atoms with Crippen molar-refractivity contribution in [2.24, 2.45) is 0 Å². The largest absolute Gasteiger partial charge is 0.457 e. The quantitative estimate of drug-likeness (QED) is 0.0778. The maximum atomic E-state index is 7.09. The van der Waals surface area contributed by atoms with E-state index in [0.717, 1.165) is 167 Å². The van der Waals surface area contributed by atoms with Gasteiger partial charge in [0.1, 0.15) is 11.5 Å². The van der Waals surface area contributed by atoms with Gasteiger partial charge in [0, 0.05) is 11.1 Å². The van der Waals surface area contributed by atoms with Gasteiger partial charge in [-0.25, -0.2) is 0 Å². The summed E-state index contributed by atoms with van der Waals surface area (Å²) in [5.41, 5.74) is 38.5. The second-order valence-electron chi connectivity index (χ2n) is 29.8. The van der Waals surface area contributed by atoms with Crippen LogP contribution in [0.1, 0.15) is 16.7 Å². The number of hydrogen-bond donors (Lipinski definition) is 0. The molecule has 0 atom stereocenters. The third-order valence-electron chi connectivity index (χ3n) is 22.5. The van der Waals surface area contributed by atoms with E-state index in [1.807, 2.05) is 0 Å². The van der Waals surface area contributed by atoms with Crippen molar-refractivity contribution in [2.75, 3.05) is 0 Å². The third kappa shape index (κ3) is 14.6. The van der Waals surface area contributed by atoms with Crippen LogP contribution in [-0.4, -0.2) is 0 Å². The van der Waals surface area contributed by atoms with E-state index in [9.17, 15) is 0 Å². The summed E-state index contributed by atoms with van der Waals surface area (Å²) in [5, 5.41) is 0. The van der Waals surface area contributed by atoms with E-state index < -0.39 is 0 Å². The van der Waals surface area contributed by atoms with E-state index in [-0.39, 0.29) is 0 Å². The molecular weight excluding hydrogens is 1420 g/mol. The second kappa shape index (κ2) is 33.3. The molecule has 0 heterocycles. The zero-order valence-electron chi connectivity index (χ0n) is 65.4. The molecule has 19 aromatic rings. The predicted molar refractivity (Wildman–Crippen MR) is 497 cm³/mol. The predicted octanol–water partition coefficient (Wildman–Crippen LogP) is 31.9. The van der Waals surface area contributed by atoms with Gasteiger partial charge in [0.2, 0.25) is 0 Å². The van der Waals surface area contributed by atoms with Gasteiger partial charge in [0.25, 0.3) is 0 Å². The van der Waals surface area contributed by atoms with Gasteiger partial charge in [0.05, 0.1) is 0 Å². The minimum absolute atomic E-state index is 0.711. The highest BCUT2D eigenvalue weighted by molar-refractivity contribution is 6.17. The average molecular weight is 1500 g/mol. The molecule has 0 aliphatic heterocycles. The van der Waals surface area contributed by atoms with Crippen molar-refractivity contribution < 1.29 is 4.74 Å². The van der Waals surface area contributed by atoms with Crippen LogP contribution in [0.3, 0.4) is 0 Å². The van der Waals surface area contributed by atoms with Crippen molar-refractivity contribution in [2.45, 2.75) is 6.92 Å². The summed E-state index contributed by atoms with van der Waals surface area (Å²) in [7, 11) is 0. The molecule has 0 bridgehead atoms. The van der Waals surface area contributed by atoms with Gasteiger partial charge in [-0.3, -0.25) is 0 Å². The first-order chi connectivity index (χ1) is 58.5. The Labute approximate surface area is 692 Å². The Bertz CT molecular complexity index is 6590. The summed E-state index contributed by atoms with van der Waals surface area (Å²) in [4.78, 5) is 0. The summed E-state index contributed by atoms with van der Waals surface area (Å²) >= 11 is 0. The lowest BCUT2D eigenvalue weighted by Crippen LogP contribution is -2.03. The molecule has 0 radical (unpaired) electrons. The van der Waals surface area contributed by atoms with Crippen LogP contribution in [0.15, 0.2) is 467 Å². The average Bonchev–Trinajstić information content (AvgIpc) is 0.703. The van der Waals surface area contributed by atoms with E-state index in [1.165, 1.54) is 33.4 Å². The summed E-state index contributed by atoms with van der Waals surface area (Å²) in [6.45, 7) is 2.33. The normalized spacial score (nSPS) is 11.0. The van der Waals surface area contributed by atoms with Crippen molar-refractivity contribution in [1.82, 2.24) is 0 Å². The van der Waals surface area contributed by atoms with E-state index in [2.05, 4.69) is 486 Å². The molecule has 0 amide bonds. The van der Waals surface area contributed by atoms with E-state index in [0.29, 0.717) is 5.75 Å². The topological polar surface area (TPSA) is 9.23 Å². The SMILES string of the molecule is Cc1c(-c2ccccc2)c(-c2ccccc2)c(-c2cc(C#Cc3ccccc3)cc(-c3c(-c4ccccc4)c(-c4ccccc4)c(-c4ccc(Oc5ccc(-c6c(-c7ccccc7)cc(-c7ccccc7)c(-c7ccccc7)c6-c6ccccc6)cc5)cc4)c(-c4ccccc4)c3-c3ccccc3)c2)c(-c2ccccc2)c1-c1ccccc1. The molecular formula is C117H80O. The molecule has 0 aliphatic rings. The van der Waals surface area contributed by atoms with Crippen LogP contribution in [0.4, 0.5) is 0 Å². The molecule has 0 saturated heterocycles. The molecule has 0 aliphatic carbocycles. The molecule has 1 nitrogen and oxygen atoms in total. The lowest BCUT2D eigenvalue weighted by molar-refractivity contribution is 0.483. The summed E-state index contributed by atoms with van der Waals surface area (Å²) in [5.74, 6) is 8.98. The standard InChI is InChI=1S/C117H80O/c1-81-104(86-47-21-5-22-48-86)108(89-53-27-8-28-54-89)116(109(90-55-29-9-30-56-90)105(81)87-49-23-6-24-50-87)98-77-83(68-67-82-41-15-2-16-42-82)78-99(79-98)117-113(94-63-37-13-38-64-94)111(92-59-33-11-34-60-92)115(112(93-61-35-12-36-62-93)114(117)95-65-39-14-40-66-95)97-71-75-101(76-72-97)118-100-73-69-96(70-74-100)107-103(85-45-19-4-20-46-85)80-102(84-43-17-3-18-44-84)106(88-51-25-7-26-52-88)110(107)91-57-31-10-32-58-91/h2-66,69-80H,1H3. The van der Waals surface area contributed by atoms with Gasteiger partial charge < -0.3 is 4.74 Å². The monoisotopic (exact) mass is 1500 g/mol. The van der Waals surface area contributed by atoms with Gasteiger partial charge >= 0.3 is 0 Å². The molecule has 1 heteroatoms. The smallest absolute Gasteiger partial charge is 0.127 e. The van der Waals surface area contributed by atoms with Gasteiger partial charge in [-0.1, -0.05) is 418 Å². The summed E-state index contributed by atoms with van der Waals surface area (Å²) in [6.07, 6.45) is 0. The molecule has 19 aromatic carbocycles. The highest BCUT2D eigenvalue weighted by Crippen LogP contribution is 2.59. The second-order valence-corrected chi connectivity index (χ2v) is 29.8. The Morgan fingerprint density at radius 3 is 0.602 bits per heavy atom. The maximum absolute atomic E-state index is 7.09. The lowest BCUT2D eigenvalue weighted by atomic mass is 9.73. The zero-order valence-corrected chi connectivity index (χ0v) is 65.4. The first-order valence-electron chi connectivity index (χ1n) is 40.4. The molecule has 0 spiro atoms. The summed E-state index contributed by atoms with van der Waals surface area (Å²) in [6, 6.07) is 169. The van der Waals surface area contributed by atoms with Crippen LogP contribution in [0.5, 0.6) is 11.5 Å². The highest BCUT2D eigenvalue weighted by atomic mass is 16.5. The van der Waals surface area contributed by atoms with Crippen LogP contribution in [-0.2, 0) is 0 Å². The van der Waals surface area contributed by atoms with E-state index in [4.69, 9.17) is 4.74 Å². The molecule has 0 N–H and O–H groups in total. The van der Waals surface area contributed by atoms with Crippen LogP contribution in [0.2, 0.25) is 0 Å². The van der Waals surface area contributed by atoms with Crippen molar-refractivity contribution in [3.63, 3.8) is 0 Å². The van der Waals surface area contributed by atoms with Crippen molar-refractivity contribution >= 4 is 0 Å². The fourth-order valence-electron chi connectivity index (χ4n) is 17.4. The molecule has 0 saturated carbocycles. The van der Waals surface area contributed by atoms with Gasteiger partial charge in [-0.05, 0) is 251 Å². The Hall–Kier alpha value is -15.5. The Morgan fingerprint density at radius 2 is 0.331 bits per heavy atom. The van der Waals surface area contributed by atoms with Gasteiger partial charge in [-0.2, -0.15) is 0 Å². The fraction of sp³-hybridized carbons (Fsp3) is 0.00855. The highest BCUT2D eigenvalue weighted by Gasteiger charge is 2.33. The Morgan fingerprint density at radius 1 is 0.144 bits per heavy atom. The van der Waals surface area contributed by atoms with Crippen LogP contribution >= 0.6 is 0 Å².